The van der Waals surface area contributed by atoms with Gasteiger partial charge in [-0.15, -0.1) is 0 Å². The molecule has 4 N–H and O–H groups in total. The lowest BCUT2D eigenvalue weighted by molar-refractivity contribution is 0.241. The molecular weight excluding hydrogens is 408 g/mol. The molecule has 0 heterocycles. The fraction of sp³-hybridized carbons (Fsp3) is 0.294. The number of sulfonamides is 2. The van der Waals surface area contributed by atoms with Gasteiger partial charge in [-0.1, -0.05) is 28.0 Å². The van der Waals surface area contributed by atoms with Gasteiger partial charge in [0.1, 0.15) is 10.6 Å². The van der Waals surface area contributed by atoms with Gasteiger partial charge in [-0.2, -0.15) is 0 Å². The van der Waals surface area contributed by atoms with Gasteiger partial charge >= 0.3 is 0 Å². The van der Waals surface area contributed by atoms with Crippen molar-refractivity contribution in [3.05, 3.63) is 53.1 Å². The van der Waals surface area contributed by atoms with E-state index in [9.17, 15) is 16.8 Å². The van der Waals surface area contributed by atoms with E-state index < -0.39 is 20.0 Å². The fourth-order valence-electron chi connectivity index (χ4n) is 2.61. The number of hydrogen-bond donors (Lipinski definition) is 4. The van der Waals surface area contributed by atoms with Crippen LogP contribution in [0.4, 0.5) is 0 Å². The maximum atomic E-state index is 12.0. The minimum absolute atomic E-state index is 0.0296. The Morgan fingerprint density at radius 3 is 2.00 bits per heavy atom. The minimum atomic E-state index is -4.11. The Morgan fingerprint density at radius 2 is 1.39 bits per heavy atom. The first-order valence-electron chi connectivity index (χ1n) is 8.25. The lowest BCUT2D eigenvalue weighted by Crippen LogP contribution is -2.21. The zero-order valence-electron chi connectivity index (χ0n) is 15.3. The van der Waals surface area contributed by atoms with E-state index in [4.69, 9.17) is 15.2 Å². The second-order valence-electron chi connectivity index (χ2n) is 6.20. The fourth-order valence-corrected chi connectivity index (χ4v) is 4.39. The standard InChI is InChI=1S/C17H22N2O7S2/c1-12-5-7-14(16(10-12)27(22,23)18-20)4-3-9-26-15-8-6-13(2)11-17(15)28(24,25)19-21/h5-8,10-11,18-21H,3-4,9H2,1-2H3. The number of hydrogen-bond acceptors (Lipinski definition) is 7. The molecule has 0 saturated heterocycles. The molecule has 0 aliphatic carbocycles. The van der Waals surface area contributed by atoms with E-state index in [2.05, 4.69) is 0 Å². The maximum Gasteiger partial charge on any atom is 0.265 e. The Labute approximate surface area is 164 Å². The van der Waals surface area contributed by atoms with Crippen molar-refractivity contribution in [3.63, 3.8) is 0 Å². The van der Waals surface area contributed by atoms with Crippen molar-refractivity contribution in [2.24, 2.45) is 0 Å². The summed E-state index contributed by atoms with van der Waals surface area (Å²) in [6, 6.07) is 9.37. The molecule has 2 rings (SSSR count). The van der Waals surface area contributed by atoms with Crippen LogP contribution in [0, 0.1) is 13.8 Å². The van der Waals surface area contributed by atoms with Crippen LogP contribution in [-0.2, 0) is 26.5 Å². The number of ether oxygens (including phenoxy) is 1. The molecule has 2 aromatic carbocycles. The van der Waals surface area contributed by atoms with Gasteiger partial charge in [-0.25, -0.2) is 16.8 Å². The molecule has 0 atom stereocenters. The van der Waals surface area contributed by atoms with Gasteiger partial charge in [0, 0.05) is 0 Å². The molecule has 0 unspecified atom stereocenters. The summed E-state index contributed by atoms with van der Waals surface area (Å²) in [5, 5.41) is 17.7. The number of aryl methyl sites for hydroxylation is 3. The third kappa shape index (κ3) is 5.28. The average Bonchev–Trinajstić information content (AvgIpc) is 2.66. The first kappa shape index (κ1) is 22.3. The van der Waals surface area contributed by atoms with Gasteiger partial charge in [0.15, 0.2) is 0 Å². The summed E-state index contributed by atoms with van der Waals surface area (Å²) < 4.78 is 53.3. The molecule has 0 spiro atoms. The SMILES string of the molecule is Cc1ccc(CCCOc2ccc(C)cc2S(=O)(=O)NO)c(S(=O)(=O)NO)c1. The van der Waals surface area contributed by atoms with Gasteiger partial charge in [-0.05, 0) is 61.6 Å². The van der Waals surface area contributed by atoms with Crippen LogP contribution in [-0.4, -0.2) is 33.9 Å². The molecule has 0 saturated carbocycles. The summed E-state index contributed by atoms with van der Waals surface area (Å²) in [5.41, 5.74) is 1.89. The third-order valence-electron chi connectivity index (χ3n) is 3.99. The van der Waals surface area contributed by atoms with E-state index in [1.807, 2.05) is 0 Å². The van der Waals surface area contributed by atoms with Crippen LogP contribution in [0.3, 0.4) is 0 Å². The van der Waals surface area contributed by atoms with Gasteiger partial charge in [-0.3, -0.25) is 0 Å². The number of rotatable bonds is 9. The highest BCUT2D eigenvalue weighted by Gasteiger charge is 2.20. The Balaban J connectivity index is 2.13. The Bertz CT molecular complexity index is 966. The molecule has 154 valence electrons. The van der Waals surface area contributed by atoms with Crippen molar-refractivity contribution in [1.82, 2.24) is 9.77 Å². The van der Waals surface area contributed by atoms with Crippen LogP contribution in [0.5, 0.6) is 5.75 Å². The summed E-state index contributed by atoms with van der Waals surface area (Å²) >= 11 is 0. The van der Waals surface area contributed by atoms with Crippen molar-refractivity contribution >= 4 is 20.0 Å². The van der Waals surface area contributed by atoms with Crippen molar-refractivity contribution < 1.29 is 32.0 Å². The first-order valence-corrected chi connectivity index (χ1v) is 11.2. The van der Waals surface area contributed by atoms with Crippen LogP contribution in [0.1, 0.15) is 23.1 Å². The van der Waals surface area contributed by atoms with Gasteiger partial charge < -0.3 is 15.2 Å². The quantitative estimate of drug-likeness (QED) is 0.350. The summed E-state index contributed by atoms with van der Waals surface area (Å²) in [6.45, 7) is 3.55. The first-order chi connectivity index (χ1) is 13.1. The summed E-state index contributed by atoms with van der Waals surface area (Å²) in [7, 11) is -8.14. The zero-order valence-corrected chi connectivity index (χ0v) is 17.0. The highest BCUT2D eigenvalue weighted by atomic mass is 32.2. The molecule has 9 nitrogen and oxygen atoms in total. The minimum Gasteiger partial charge on any atom is -0.492 e. The zero-order chi connectivity index (χ0) is 20.9. The molecule has 0 aliphatic rings. The average molecular weight is 431 g/mol. The van der Waals surface area contributed by atoms with Gasteiger partial charge in [0.25, 0.3) is 20.0 Å². The molecule has 2 aromatic rings. The Kier molecular flexibility index (Phi) is 7.15. The lowest BCUT2D eigenvalue weighted by atomic mass is 10.1. The smallest absolute Gasteiger partial charge is 0.265 e. The molecule has 0 aromatic heterocycles. The normalized spacial score (nSPS) is 12.1. The monoisotopic (exact) mass is 430 g/mol. The van der Waals surface area contributed by atoms with Crippen molar-refractivity contribution in [2.45, 2.75) is 36.5 Å². The van der Waals surface area contributed by atoms with E-state index >= 15 is 0 Å². The molecule has 0 amide bonds. The predicted molar refractivity (Wildman–Crippen MR) is 100 cm³/mol. The van der Waals surface area contributed by atoms with Crippen LogP contribution in [0.25, 0.3) is 0 Å². The molecule has 28 heavy (non-hydrogen) atoms. The largest absolute Gasteiger partial charge is 0.492 e. The second kappa shape index (κ2) is 8.99. The molecule has 0 fully saturated rings. The molecule has 0 radical (unpaired) electrons. The van der Waals surface area contributed by atoms with E-state index in [0.29, 0.717) is 24.0 Å². The highest BCUT2D eigenvalue weighted by Crippen LogP contribution is 2.25. The number of benzene rings is 2. The Hall–Kier alpha value is -2.02. The molecule has 0 aliphatic heterocycles. The summed E-state index contributed by atoms with van der Waals surface area (Å²) in [5.74, 6) is 0.0703. The Morgan fingerprint density at radius 1 is 0.857 bits per heavy atom. The van der Waals surface area contributed by atoms with Crippen molar-refractivity contribution in [3.8, 4) is 5.75 Å². The van der Waals surface area contributed by atoms with Crippen LogP contribution in [0.2, 0.25) is 0 Å². The van der Waals surface area contributed by atoms with E-state index in [1.54, 1.807) is 32.0 Å². The van der Waals surface area contributed by atoms with Gasteiger partial charge in [0.2, 0.25) is 0 Å². The molecular formula is C17H22N2O7S2. The topological polar surface area (TPSA) is 142 Å². The van der Waals surface area contributed by atoms with Crippen LogP contribution in [0.15, 0.2) is 46.2 Å². The third-order valence-corrected chi connectivity index (χ3v) is 6.33. The number of nitrogens with one attached hydrogen (secondary N) is 2. The van der Waals surface area contributed by atoms with Crippen molar-refractivity contribution in [2.75, 3.05) is 6.61 Å². The van der Waals surface area contributed by atoms with Crippen LogP contribution < -0.4 is 14.5 Å². The summed E-state index contributed by atoms with van der Waals surface area (Å²) in [4.78, 5) is 2.37. The van der Waals surface area contributed by atoms with Crippen molar-refractivity contribution in [1.29, 1.82) is 0 Å². The highest BCUT2D eigenvalue weighted by molar-refractivity contribution is 7.89. The van der Waals surface area contributed by atoms with E-state index in [0.717, 1.165) is 5.56 Å². The van der Waals surface area contributed by atoms with E-state index in [-0.39, 0.29) is 22.1 Å². The molecule has 0 bridgehead atoms. The molecule has 11 heteroatoms. The lowest BCUT2D eigenvalue weighted by Gasteiger charge is -2.13. The summed E-state index contributed by atoms with van der Waals surface area (Å²) in [6.07, 6.45) is 0.708. The predicted octanol–water partition coefficient (Wildman–Crippen LogP) is 1.65. The van der Waals surface area contributed by atoms with Crippen LogP contribution >= 0.6 is 0 Å². The van der Waals surface area contributed by atoms with E-state index in [1.165, 1.54) is 28.0 Å². The maximum absolute atomic E-state index is 12.0. The second-order valence-corrected chi connectivity index (χ2v) is 9.46. The van der Waals surface area contributed by atoms with Gasteiger partial charge in [0.05, 0.1) is 11.5 Å².